The van der Waals surface area contributed by atoms with E-state index in [1.165, 1.54) is 16.5 Å². The number of anilines is 3. The van der Waals surface area contributed by atoms with Gasteiger partial charge in [0, 0.05) is 26.8 Å². The van der Waals surface area contributed by atoms with Crippen LogP contribution in [0.15, 0.2) is 30.5 Å². The number of para-hydroxylation sites is 1. The van der Waals surface area contributed by atoms with Gasteiger partial charge in [0.25, 0.3) is 6.43 Å². The molecule has 2 fully saturated rings. The minimum atomic E-state index is -2.88. The average molecular weight is 673 g/mol. The molecule has 0 saturated carbocycles. The number of aryl methyl sites for hydroxylation is 1. The van der Waals surface area contributed by atoms with Gasteiger partial charge >= 0.3 is 5.82 Å². The molecule has 7 rings (SSSR count). The average Bonchev–Trinajstić information content (AvgIpc) is 3.87. The molecule has 0 aliphatic carbocycles. The minimum absolute atomic E-state index is 0.0641. The van der Waals surface area contributed by atoms with E-state index < -0.39 is 18.5 Å². The fraction of sp³-hybridized carbons (Fsp3) is 0.438. The molecule has 49 heavy (non-hydrogen) atoms. The van der Waals surface area contributed by atoms with Gasteiger partial charge in [-0.3, -0.25) is 4.57 Å². The number of nitrogens with zero attached hydrogens (tertiary/aromatic N) is 11. The highest BCUT2D eigenvalue weighted by Crippen LogP contribution is 2.40. The number of ether oxygens (including phenoxy) is 3. The lowest BCUT2D eigenvalue weighted by Crippen LogP contribution is -2.23. The molecule has 0 amide bonds. The number of tetrazole rings is 1. The molecule has 254 valence electrons. The molecule has 0 radical (unpaired) electrons. The molecule has 1 aromatic carbocycles. The lowest BCUT2D eigenvalue weighted by molar-refractivity contribution is -0.0363. The molecule has 4 aromatic heterocycles. The molecule has 2 atom stereocenters. The Morgan fingerprint density at radius 3 is 2.69 bits per heavy atom. The number of methoxy groups -OCH3 is 2. The molecule has 2 saturated heterocycles. The van der Waals surface area contributed by atoms with Crippen molar-refractivity contribution in [1.82, 2.24) is 44.7 Å². The monoisotopic (exact) mass is 672 g/mol. The van der Waals surface area contributed by atoms with Crippen molar-refractivity contribution in [3.8, 4) is 17.1 Å². The van der Waals surface area contributed by atoms with Crippen molar-refractivity contribution in [3.63, 3.8) is 0 Å². The first-order chi connectivity index (χ1) is 23.9. The zero-order chi connectivity index (χ0) is 34.1. The van der Waals surface area contributed by atoms with E-state index in [1.54, 1.807) is 44.6 Å². The van der Waals surface area contributed by atoms with Crippen LogP contribution >= 0.6 is 0 Å². The fourth-order valence-electron chi connectivity index (χ4n) is 6.34. The maximum absolute atomic E-state index is 14.6. The van der Waals surface area contributed by atoms with E-state index in [4.69, 9.17) is 25.8 Å². The largest absolute Gasteiger partial charge is 0.494 e. The summed E-state index contributed by atoms with van der Waals surface area (Å²) >= 11 is 0. The fourth-order valence-corrected chi connectivity index (χ4v) is 6.34. The molecule has 17 heteroatoms. The van der Waals surface area contributed by atoms with Gasteiger partial charge < -0.3 is 29.3 Å². The van der Waals surface area contributed by atoms with E-state index in [1.807, 2.05) is 4.90 Å². The first-order valence-electron chi connectivity index (χ1n) is 15.9. The highest BCUT2D eigenvalue weighted by Gasteiger charge is 2.30. The normalized spacial score (nSPS) is 17.9. The first-order valence-corrected chi connectivity index (χ1v) is 15.9. The van der Waals surface area contributed by atoms with Gasteiger partial charge in [-0.2, -0.15) is 4.80 Å². The number of halogens is 2. The summed E-state index contributed by atoms with van der Waals surface area (Å²) in [6.45, 7) is 9.58. The van der Waals surface area contributed by atoms with Gasteiger partial charge in [0.15, 0.2) is 28.7 Å². The number of fused-ring (bicyclic) bond motifs is 1. The number of hydrogen-bond donors (Lipinski definition) is 1. The third-order valence-corrected chi connectivity index (χ3v) is 8.64. The molecule has 2 aliphatic rings. The van der Waals surface area contributed by atoms with Crippen LogP contribution in [0.4, 0.5) is 31.8 Å². The van der Waals surface area contributed by atoms with Gasteiger partial charge in [-0.05, 0) is 49.1 Å². The second kappa shape index (κ2) is 13.6. The first kappa shape index (κ1) is 32.2. The third-order valence-electron chi connectivity index (χ3n) is 8.64. The van der Waals surface area contributed by atoms with E-state index >= 15 is 0 Å². The number of aromatic nitrogens is 9. The zero-order valence-corrected chi connectivity index (χ0v) is 27.2. The summed E-state index contributed by atoms with van der Waals surface area (Å²) < 4.78 is 47.8. The van der Waals surface area contributed by atoms with Crippen molar-refractivity contribution in [2.75, 3.05) is 44.1 Å². The van der Waals surface area contributed by atoms with Gasteiger partial charge in [0.2, 0.25) is 5.82 Å². The molecule has 1 unspecified atom stereocenters. The standard InChI is InChI=1S/C32H34F2N12O3/c1-35-29-32(45-12-11-20(17-45)47-3)36-16-19(37-29)14-18-15-23(39-22-9-7-8-21(26(22)48-4)28-41-43-44(2)42-28)25-30(38-18)46(31(40-25)27(33)34)24-10-5-6-13-49-24/h7-9,15-16,20,24,27H,5-6,10-14,17H2,2-4H3,(H,38,39)/t20-,24?/m1/s1. The van der Waals surface area contributed by atoms with Crippen molar-refractivity contribution in [2.24, 2.45) is 7.05 Å². The Hall–Kier alpha value is -5.34. The number of alkyl halides is 2. The molecule has 15 nitrogen and oxygen atoms in total. The zero-order valence-electron chi connectivity index (χ0n) is 27.2. The van der Waals surface area contributed by atoms with Gasteiger partial charge in [-0.1, -0.05) is 12.6 Å². The van der Waals surface area contributed by atoms with Crippen molar-refractivity contribution < 1.29 is 23.0 Å². The molecule has 6 heterocycles. The Balaban J connectivity index is 1.32. The summed E-state index contributed by atoms with van der Waals surface area (Å²) in [6, 6.07) is 7.12. The van der Waals surface area contributed by atoms with E-state index in [9.17, 15) is 8.78 Å². The molecule has 0 bridgehead atoms. The van der Waals surface area contributed by atoms with Crippen LogP contribution in [-0.2, 0) is 22.9 Å². The molecule has 1 N–H and O–H groups in total. The van der Waals surface area contributed by atoms with Crippen LogP contribution < -0.4 is 15.0 Å². The molecule has 5 aromatic rings. The molecule has 2 aliphatic heterocycles. The third kappa shape index (κ3) is 6.32. The minimum Gasteiger partial charge on any atom is -0.494 e. The lowest BCUT2D eigenvalue weighted by Gasteiger charge is -2.25. The van der Waals surface area contributed by atoms with Crippen LogP contribution in [0.5, 0.6) is 5.75 Å². The summed E-state index contributed by atoms with van der Waals surface area (Å²) in [5.74, 6) is 1.02. The Bertz CT molecular complexity index is 2020. The maximum atomic E-state index is 14.6. The Kier molecular flexibility index (Phi) is 8.97. The van der Waals surface area contributed by atoms with Gasteiger partial charge in [-0.25, -0.2) is 23.7 Å². The highest BCUT2D eigenvalue weighted by atomic mass is 19.3. The van der Waals surface area contributed by atoms with Crippen molar-refractivity contribution in [2.45, 2.75) is 50.9 Å². The maximum Gasteiger partial charge on any atom is 0.312 e. The van der Waals surface area contributed by atoms with Crippen LogP contribution in [0.3, 0.4) is 0 Å². The highest BCUT2D eigenvalue weighted by molar-refractivity contribution is 5.91. The summed E-state index contributed by atoms with van der Waals surface area (Å²) in [7, 11) is 4.85. The second-order valence-corrected chi connectivity index (χ2v) is 11.8. The van der Waals surface area contributed by atoms with Crippen LogP contribution in [0.25, 0.3) is 27.4 Å². The van der Waals surface area contributed by atoms with Crippen molar-refractivity contribution in [1.29, 1.82) is 0 Å². The van der Waals surface area contributed by atoms with Gasteiger partial charge in [-0.15, -0.1) is 15.2 Å². The lowest BCUT2D eigenvalue weighted by atomic mass is 10.1. The predicted octanol–water partition coefficient (Wildman–Crippen LogP) is 5.17. The van der Waals surface area contributed by atoms with Crippen LogP contribution in [0.1, 0.15) is 55.5 Å². The number of benzene rings is 1. The number of hydrogen-bond acceptors (Lipinski definition) is 12. The summed E-state index contributed by atoms with van der Waals surface area (Å²) in [6.07, 6.45) is 1.37. The molecular formula is C32H34F2N12O3. The topological polar surface area (TPSA) is 147 Å². The number of imidazole rings is 1. The number of rotatable bonds is 10. The second-order valence-electron chi connectivity index (χ2n) is 11.8. The van der Waals surface area contributed by atoms with Crippen molar-refractivity contribution in [3.05, 3.63) is 59.1 Å². The van der Waals surface area contributed by atoms with E-state index in [0.717, 1.165) is 19.3 Å². The summed E-state index contributed by atoms with van der Waals surface area (Å²) in [4.78, 5) is 25.5. The van der Waals surface area contributed by atoms with E-state index in [-0.39, 0.29) is 29.5 Å². The summed E-state index contributed by atoms with van der Waals surface area (Å²) in [5, 5.41) is 15.7. The Morgan fingerprint density at radius 2 is 2.00 bits per heavy atom. The molecule has 0 spiro atoms. The Labute approximate surface area is 280 Å². The van der Waals surface area contributed by atoms with Crippen LogP contribution in [0.2, 0.25) is 0 Å². The number of nitrogens with one attached hydrogen (secondary N) is 1. The Morgan fingerprint density at radius 1 is 1.12 bits per heavy atom. The van der Waals surface area contributed by atoms with Crippen molar-refractivity contribution >= 4 is 34.2 Å². The molecular weight excluding hydrogens is 638 g/mol. The quantitative estimate of drug-likeness (QED) is 0.195. The van der Waals surface area contributed by atoms with Crippen LogP contribution in [0, 0.1) is 6.57 Å². The van der Waals surface area contributed by atoms with E-state index in [2.05, 4.69) is 40.5 Å². The summed E-state index contributed by atoms with van der Waals surface area (Å²) in [5.41, 5.74) is 2.99. The van der Waals surface area contributed by atoms with E-state index in [0.29, 0.717) is 71.8 Å². The SMILES string of the molecule is [C-]#[N+]c1nc(Cc2cc(Nc3cccc(-c4nnn(C)n4)c3OC)c3nc(C(F)F)n(C4CCCCO4)c3n2)cnc1N1CC[C@@H](OC)C1. The smallest absolute Gasteiger partial charge is 0.312 e. The van der Waals surface area contributed by atoms with Gasteiger partial charge in [0.1, 0.15) is 11.7 Å². The predicted molar refractivity (Wildman–Crippen MR) is 174 cm³/mol. The van der Waals surface area contributed by atoms with Crippen LogP contribution in [-0.4, -0.2) is 84.7 Å². The van der Waals surface area contributed by atoms with Gasteiger partial charge in [0.05, 0.1) is 55.5 Å². The number of pyridine rings is 1.